The van der Waals surface area contributed by atoms with Crippen LogP contribution in [0.3, 0.4) is 0 Å². The highest BCUT2D eigenvalue weighted by Gasteiger charge is 2.27. The fraction of sp³-hybridized carbons (Fsp3) is 0.674. The summed E-state index contributed by atoms with van der Waals surface area (Å²) in [7, 11) is -4.65. The normalized spacial score (nSPS) is 14.4. The van der Waals surface area contributed by atoms with Crippen LogP contribution in [0.15, 0.2) is 72.9 Å². The molecule has 1 unspecified atom stereocenters. The van der Waals surface area contributed by atoms with Crippen molar-refractivity contribution in [3.8, 4) is 0 Å². The molecule has 0 bridgehead atoms. The topological polar surface area (TPSA) is 166 Å². The van der Waals surface area contributed by atoms with E-state index in [-0.39, 0.29) is 25.2 Å². The summed E-state index contributed by atoms with van der Waals surface area (Å²) < 4.78 is 32.6. The Morgan fingerprint density at radius 2 is 1.07 bits per heavy atom. The van der Waals surface area contributed by atoms with E-state index in [0.29, 0.717) is 25.7 Å². The van der Waals surface area contributed by atoms with Crippen LogP contribution in [-0.2, 0) is 37.5 Å². The second kappa shape index (κ2) is 40.8. The fourth-order valence-electron chi connectivity index (χ4n) is 5.38. The molecule has 0 aliphatic heterocycles. The van der Waals surface area contributed by atoms with Gasteiger partial charge in [0.25, 0.3) is 0 Å². The van der Waals surface area contributed by atoms with E-state index in [0.717, 1.165) is 70.6 Å². The molecule has 0 fully saturated rings. The Labute approximate surface area is 350 Å². The van der Waals surface area contributed by atoms with E-state index < -0.39 is 51.8 Å². The first-order valence-corrected chi connectivity index (χ1v) is 23.3. The van der Waals surface area contributed by atoms with Crippen LogP contribution in [0.5, 0.6) is 0 Å². The zero-order valence-corrected chi connectivity index (χ0v) is 36.6. The molecule has 0 spiro atoms. The van der Waals surface area contributed by atoms with Crippen molar-refractivity contribution in [1.29, 1.82) is 0 Å². The molecule has 332 valence electrons. The van der Waals surface area contributed by atoms with Gasteiger partial charge in [-0.1, -0.05) is 138 Å². The molecule has 0 aliphatic carbocycles. The first-order chi connectivity index (χ1) is 28.1. The Hall–Kier alpha value is -2.92. The summed E-state index contributed by atoms with van der Waals surface area (Å²) in [4.78, 5) is 46.7. The third-order valence-corrected chi connectivity index (χ3v) is 9.76. The molecular weight excluding hydrogens is 759 g/mol. The molecule has 3 N–H and O–H groups in total. The van der Waals surface area contributed by atoms with E-state index in [1.54, 1.807) is 12.2 Å². The quantitative estimate of drug-likeness (QED) is 0.0134. The van der Waals surface area contributed by atoms with Crippen molar-refractivity contribution in [3.63, 3.8) is 0 Å². The van der Waals surface area contributed by atoms with Crippen LogP contribution < -0.4 is 0 Å². The molecule has 0 aromatic rings. The number of hydrogen-bond acceptors (Lipinski definition) is 10. The van der Waals surface area contributed by atoms with E-state index in [2.05, 4.69) is 42.7 Å². The number of phosphoric acid groups is 1. The lowest BCUT2D eigenvalue weighted by Crippen LogP contribution is -2.29. The summed E-state index contributed by atoms with van der Waals surface area (Å²) in [5.74, 6) is -0.881. The molecule has 58 heavy (non-hydrogen) atoms. The van der Waals surface area contributed by atoms with Crippen molar-refractivity contribution in [2.45, 2.75) is 174 Å². The van der Waals surface area contributed by atoms with Crippen LogP contribution in [0, 0.1) is 0 Å². The number of carbonyl (C=O) groups excluding carboxylic acids is 3. The summed E-state index contributed by atoms with van der Waals surface area (Å²) in [6.07, 6.45) is 42.8. The number of hydrogen-bond donors (Lipinski definition) is 3. The average Bonchev–Trinajstić information content (AvgIpc) is 3.20. The third-order valence-electron chi connectivity index (χ3n) is 8.81. The molecule has 0 rings (SSSR count). The van der Waals surface area contributed by atoms with Crippen LogP contribution in [0.4, 0.5) is 0 Å². The van der Waals surface area contributed by atoms with Gasteiger partial charge in [0.05, 0.1) is 19.8 Å². The van der Waals surface area contributed by atoms with Crippen molar-refractivity contribution >= 4 is 25.5 Å². The van der Waals surface area contributed by atoms with E-state index in [1.807, 2.05) is 36.5 Å². The maximum atomic E-state index is 12.6. The standard InChI is InChI=1S/C46H77O11P/c1-3-5-7-8-9-10-11-12-13-14-15-16-19-23-26-29-33-37-46(51)57-44(41-56-58(52,53)55-39-43(49)38-47)40-54-45(50)36-32-28-25-22-20-17-18-21-24-27-31-35-42(48)34-30-6-4-2/h9-10,12-13,17-18,22,24-25,27,31,35,43-44,47,49H,3-8,11,14-16,19-21,23,26,28-30,32-34,36-41H2,1-2H3,(H,52,53)/b10-9-,13-12-,18-17-,25-22-,27-24-,35-31+/t43-,44+/m0/s1. The first kappa shape index (κ1) is 55.1. The fourth-order valence-corrected chi connectivity index (χ4v) is 6.17. The van der Waals surface area contributed by atoms with E-state index in [1.165, 1.54) is 38.5 Å². The van der Waals surface area contributed by atoms with Gasteiger partial charge >= 0.3 is 19.8 Å². The van der Waals surface area contributed by atoms with Crippen LogP contribution in [0.2, 0.25) is 0 Å². The number of aliphatic hydroxyl groups excluding tert-OH is 2. The van der Waals surface area contributed by atoms with Crippen LogP contribution in [-0.4, -0.2) is 71.5 Å². The Kier molecular flexibility index (Phi) is 38.8. The van der Waals surface area contributed by atoms with Gasteiger partial charge in [-0.05, 0) is 76.7 Å². The number of phosphoric ester groups is 1. The van der Waals surface area contributed by atoms with Crippen LogP contribution in [0.25, 0.3) is 0 Å². The number of rotatable bonds is 40. The van der Waals surface area contributed by atoms with E-state index >= 15 is 0 Å². The second-order valence-electron chi connectivity index (χ2n) is 14.4. The Bertz CT molecular complexity index is 1250. The van der Waals surface area contributed by atoms with Gasteiger partial charge in [0, 0.05) is 19.3 Å². The van der Waals surface area contributed by atoms with Gasteiger partial charge in [0.1, 0.15) is 12.7 Å². The average molecular weight is 837 g/mol. The molecular formula is C46H77O11P. The first-order valence-electron chi connectivity index (χ1n) is 21.8. The molecule has 0 aliphatic rings. The number of aliphatic hydroxyl groups is 2. The molecule has 0 aromatic carbocycles. The number of ketones is 1. The van der Waals surface area contributed by atoms with Crippen LogP contribution >= 0.6 is 7.82 Å². The molecule has 0 heterocycles. The lowest BCUT2D eigenvalue weighted by atomic mass is 10.1. The minimum Gasteiger partial charge on any atom is -0.462 e. The Morgan fingerprint density at radius 3 is 1.71 bits per heavy atom. The summed E-state index contributed by atoms with van der Waals surface area (Å²) >= 11 is 0. The number of esters is 2. The number of ether oxygens (including phenoxy) is 2. The molecule has 11 nitrogen and oxygen atoms in total. The SMILES string of the molecule is CCCCC/C=C\C/C=C\CCCCCCCCCC(=O)O[C@H](COC(=O)CCC/C=C\C/C=C\C/C=C\C=C\C(=O)CCCCC)COP(=O)(O)OC[C@@H](O)CO. The second-order valence-corrected chi connectivity index (χ2v) is 15.8. The molecule has 0 aromatic heterocycles. The number of allylic oxidation sites excluding steroid dienone is 12. The predicted octanol–water partition coefficient (Wildman–Crippen LogP) is 10.8. The zero-order chi connectivity index (χ0) is 42.8. The highest BCUT2D eigenvalue weighted by atomic mass is 31.2. The van der Waals surface area contributed by atoms with Gasteiger partial charge in [0.2, 0.25) is 0 Å². The van der Waals surface area contributed by atoms with Gasteiger partial charge in [-0.25, -0.2) is 4.57 Å². The van der Waals surface area contributed by atoms with Gasteiger partial charge in [-0.15, -0.1) is 0 Å². The largest absolute Gasteiger partial charge is 0.472 e. The number of carbonyl (C=O) groups is 3. The highest BCUT2D eigenvalue weighted by Crippen LogP contribution is 2.43. The summed E-state index contributed by atoms with van der Waals surface area (Å²) in [6.45, 7) is 2.09. The minimum absolute atomic E-state index is 0.134. The van der Waals surface area contributed by atoms with Crippen molar-refractivity contribution in [2.75, 3.05) is 26.4 Å². The van der Waals surface area contributed by atoms with Crippen LogP contribution in [0.1, 0.15) is 162 Å². The summed E-state index contributed by atoms with van der Waals surface area (Å²) in [6, 6.07) is 0. The smallest absolute Gasteiger partial charge is 0.462 e. The maximum Gasteiger partial charge on any atom is 0.472 e. The highest BCUT2D eigenvalue weighted by molar-refractivity contribution is 7.47. The lowest BCUT2D eigenvalue weighted by Gasteiger charge is -2.20. The van der Waals surface area contributed by atoms with Crippen molar-refractivity contribution in [1.82, 2.24) is 0 Å². The van der Waals surface area contributed by atoms with E-state index in [9.17, 15) is 28.9 Å². The Balaban J connectivity index is 4.45. The van der Waals surface area contributed by atoms with E-state index in [4.69, 9.17) is 19.1 Å². The zero-order valence-electron chi connectivity index (χ0n) is 35.7. The third kappa shape index (κ3) is 39.9. The predicted molar refractivity (Wildman–Crippen MR) is 233 cm³/mol. The van der Waals surface area contributed by atoms with Crippen molar-refractivity contribution in [2.24, 2.45) is 0 Å². The molecule has 0 saturated carbocycles. The summed E-state index contributed by atoms with van der Waals surface area (Å²) in [5, 5.41) is 18.3. The molecule has 3 atom stereocenters. The molecule has 12 heteroatoms. The van der Waals surface area contributed by atoms with Gasteiger partial charge < -0.3 is 24.6 Å². The van der Waals surface area contributed by atoms with Gasteiger partial charge in [0.15, 0.2) is 11.9 Å². The number of unbranched alkanes of at least 4 members (excludes halogenated alkanes) is 13. The van der Waals surface area contributed by atoms with Crippen molar-refractivity contribution in [3.05, 3.63) is 72.9 Å². The lowest BCUT2D eigenvalue weighted by molar-refractivity contribution is -0.161. The minimum atomic E-state index is -4.65. The Morgan fingerprint density at radius 1 is 0.569 bits per heavy atom. The molecule has 0 amide bonds. The van der Waals surface area contributed by atoms with Gasteiger partial charge in [-0.2, -0.15) is 0 Å². The summed E-state index contributed by atoms with van der Waals surface area (Å²) in [5.41, 5.74) is 0. The molecule has 0 saturated heterocycles. The van der Waals surface area contributed by atoms with Gasteiger partial charge in [-0.3, -0.25) is 23.4 Å². The maximum absolute atomic E-state index is 12.6. The monoisotopic (exact) mass is 837 g/mol. The van der Waals surface area contributed by atoms with Crippen molar-refractivity contribution < 1.29 is 52.6 Å². The molecule has 0 radical (unpaired) electrons.